The van der Waals surface area contributed by atoms with Crippen molar-refractivity contribution in [2.24, 2.45) is 5.92 Å². The quantitative estimate of drug-likeness (QED) is 0.850. The second-order valence-electron chi connectivity index (χ2n) is 4.78. The molecule has 2 aromatic rings. The summed E-state index contributed by atoms with van der Waals surface area (Å²) in [5, 5.41) is 11.1. The predicted molar refractivity (Wildman–Crippen MR) is 66.8 cm³/mol. The fourth-order valence-corrected chi connectivity index (χ4v) is 2.02. The first-order valence-electron chi connectivity index (χ1n) is 5.97. The Kier molecular flexibility index (Phi) is 2.35. The third kappa shape index (κ3) is 2.16. The Morgan fingerprint density at radius 3 is 3.12 bits per heavy atom. The van der Waals surface area contributed by atoms with E-state index in [0.29, 0.717) is 12.3 Å². The zero-order valence-corrected chi connectivity index (χ0v) is 9.79. The summed E-state index contributed by atoms with van der Waals surface area (Å²) >= 11 is 0. The van der Waals surface area contributed by atoms with Crippen molar-refractivity contribution in [2.45, 2.75) is 26.2 Å². The van der Waals surface area contributed by atoms with Gasteiger partial charge in [-0.1, -0.05) is 0 Å². The van der Waals surface area contributed by atoms with E-state index < -0.39 is 0 Å². The number of hydrogen-bond acceptors (Lipinski definition) is 2. The number of hydrogen-bond donors (Lipinski definition) is 2. The first kappa shape index (κ1) is 10.3. The zero-order chi connectivity index (χ0) is 11.8. The van der Waals surface area contributed by atoms with Gasteiger partial charge in [-0.05, 0) is 43.9 Å². The van der Waals surface area contributed by atoms with Crippen molar-refractivity contribution in [3.05, 3.63) is 23.9 Å². The van der Waals surface area contributed by atoms with Crippen molar-refractivity contribution >= 4 is 22.5 Å². The molecule has 1 amide bonds. The molecule has 2 N–H and O–H groups in total. The van der Waals surface area contributed by atoms with Gasteiger partial charge in [0.1, 0.15) is 0 Å². The van der Waals surface area contributed by atoms with Crippen LogP contribution in [0.3, 0.4) is 0 Å². The van der Waals surface area contributed by atoms with E-state index in [4.69, 9.17) is 0 Å². The Morgan fingerprint density at radius 1 is 1.53 bits per heavy atom. The number of nitrogens with one attached hydrogen (secondary N) is 2. The molecule has 4 nitrogen and oxygen atoms in total. The van der Waals surface area contributed by atoms with Crippen LogP contribution in [0.2, 0.25) is 0 Å². The number of rotatable bonds is 3. The molecule has 17 heavy (non-hydrogen) atoms. The summed E-state index contributed by atoms with van der Waals surface area (Å²) in [6.45, 7) is 1.99. The van der Waals surface area contributed by atoms with Gasteiger partial charge in [-0.2, -0.15) is 5.10 Å². The summed E-state index contributed by atoms with van der Waals surface area (Å²) in [7, 11) is 0. The number of benzene rings is 1. The molecule has 0 unspecified atom stereocenters. The number of aromatic amines is 1. The number of carbonyl (C=O) groups is 1. The number of H-pyrrole nitrogens is 1. The Balaban J connectivity index is 1.77. The van der Waals surface area contributed by atoms with Crippen molar-refractivity contribution in [1.29, 1.82) is 0 Å². The van der Waals surface area contributed by atoms with Crippen molar-refractivity contribution in [3.8, 4) is 0 Å². The first-order valence-corrected chi connectivity index (χ1v) is 5.97. The summed E-state index contributed by atoms with van der Waals surface area (Å²) < 4.78 is 0. The maximum atomic E-state index is 11.7. The van der Waals surface area contributed by atoms with Crippen LogP contribution in [0.1, 0.15) is 25.0 Å². The molecule has 1 heterocycles. The smallest absolute Gasteiger partial charge is 0.224 e. The number of carbonyl (C=O) groups excluding carboxylic acids is 1. The van der Waals surface area contributed by atoms with E-state index in [2.05, 4.69) is 15.5 Å². The molecular weight excluding hydrogens is 214 g/mol. The Labute approximate surface area is 99.4 Å². The third-order valence-electron chi connectivity index (χ3n) is 3.20. The standard InChI is InChI=1S/C13H15N3O/c1-8-11-5-4-10(7-12(11)16-15-8)14-13(17)6-9-2-3-9/h4-5,7,9H,2-3,6H2,1H3,(H,14,17)(H,15,16). The van der Waals surface area contributed by atoms with Gasteiger partial charge in [0, 0.05) is 23.2 Å². The topological polar surface area (TPSA) is 57.8 Å². The van der Waals surface area contributed by atoms with Gasteiger partial charge in [-0.3, -0.25) is 9.89 Å². The molecule has 0 aliphatic heterocycles. The van der Waals surface area contributed by atoms with Gasteiger partial charge in [0.15, 0.2) is 0 Å². The van der Waals surface area contributed by atoms with Crippen LogP contribution in [0.4, 0.5) is 5.69 Å². The zero-order valence-electron chi connectivity index (χ0n) is 9.79. The Bertz CT molecular complexity index is 569. The molecule has 88 valence electrons. The maximum absolute atomic E-state index is 11.7. The van der Waals surface area contributed by atoms with Crippen LogP contribution in [0.5, 0.6) is 0 Å². The number of anilines is 1. The average Bonchev–Trinajstić information content (AvgIpc) is 3.03. The second kappa shape index (κ2) is 3.87. The number of fused-ring (bicyclic) bond motifs is 1. The molecule has 3 rings (SSSR count). The van der Waals surface area contributed by atoms with Gasteiger partial charge < -0.3 is 5.32 Å². The summed E-state index contributed by atoms with van der Waals surface area (Å²) in [5.41, 5.74) is 2.78. The fourth-order valence-electron chi connectivity index (χ4n) is 2.02. The fraction of sp³-hybridized carbons (Fsp3) is 0.385. The second-order valence-corrected chi connectivity index (χ2v) is 4.78. The Morgan fingerprint density at radius 2 is 2.35 bits per heavy atom. The molecule has 0 bridgehead atoms. The van der Waals surface area contributed by atoms with Gasteiger partial charge in [0.05, 0.1) is 5.52 Å². The molecule has 4 heteroatoms. The molecule has 1 aromatic carbocycles. The van der Waals surface area contributed by atoms with E-state index in [1.807, 2.05) is 25.1 Å². The minimum atomic E-state index is 0.110. The molecule has 0 spiro atoms. The highest BCUT2D eigenvalue weighted by molar-refractivity contribution is 5.94. The lowest BCUT2D eigenvalue weighted by Gasteiger charge is -2.04. The molecule has 1 fully saturated rings. The van der Waals surface area contributed by atoms with Crippen molar-refractivity contribution in [1.82, 2.24) is 10.2 Å². The highest BCUT2D eigenvalue weighted by Gasteiger charge is 2.24. The molecule has 1 saturated carbocycles. The van der Waals surface area contributed by atoms with Crippen LogP contribution in [0.25, 0.3) is 10.9 Å². The van der Waals surface area contributed by atoms with Crippen LogP contribution in [-0.4, -0.2) is 16.1 Å². The van der Waals surface area contributed by atoms with Crippen LogP contribution in [0, 0.1) is 12.8 Å². The minimum Gasteiger partial charge on any atom is -0.326 e. The normalized spacial score (nSPS) is 15.1. The largest absolute Gasteiger partial charge is 0.326 e. The monoisotopic (exact) mass is 229 g/mol. The van der Waals surface area contributed by atoms with Gasteiger partial charge in [0.25, 0.3) is 0 Å². The third-order valence-corrected chi connectivity index (χ3v) is 3.20. The molecule has 0 radical (unpaired) electrons. The number of amides is 1. The number of nitrogens with zero attached hydrogens (tertiary/aromatic N) is 1. The van der Waals surface area contributed by atoms with Crippen LogP contribution in [-0.2, 0) is 4.79 Å². The van der Waals surface area contributed by atoms with E-state index in [1.54, 1.807) is 0 Å². The molecule has 1 aliphatic carbocycles. The SMILES string of the molecule is Cc1[nH]nc2cc(NC(=O)CC3CC3)ccc12. The highest BCUT2D eigenvalue weighted by Crippen LogP contribution is 2.32. The Hall–Kier alpha value is -1.84. The number of aromatic nitrogens is 2. The van der Waals surface area contributed by atoms with Crippen molar-refractivity contribution in [3.63, 3.8) is 0 Å². The maximum Gasteiger partial charge on any atom is 0.224 e. The van der Waals surface area contributed by atoms with E-state index in [0.717, 1.165) is 22.3 Å². The minimum absolute atomic E-state index is 0.110. The summed E-state index contributed by atoms with van der Waals surface area (Å²) in [5.74, 6) is 0.727. The summed E-state index contributed by atoms with van der Waals surface area (Å²) in [4.78, 5) is 11.7. The lowest BCUT2D eigenvalue weighted by Crippen LogP contribution is -2.11. The molecule has 1 aliphatic rings. The lowest BCUT2D eigenvalue weighted by molar-refractivity contribution is -0.116. The van der Waals surface area contributed by atoms with Crippen LogP contribution in [0.15, 0.2) is 18.2 Å². The van der Waals surface area contributed by atoms with Crippen LogP contribution >= 0.6 is 0 Å². The molecule has 1 aromatic heterocycles. The molecule has 0 atom stereocenters. The summed E-state index contributed by atoms with van der Waals surface area (Å²) in [6, 6.07) is 5.82. The van der Waals surface area contributed by atoms with E-state index in [-0.39, 0.29) is 5.91 Å². The van der Waals surface area contributed by atoms with Crippen LogP contribution < -0.4 is 5.32 Å². The first-order chi connectivity index (χ1) is 8.22. The van der Waals surface area contributed by atoms with Crippen molar-refractivity contribution < 1.29 is 4.79 Å². The predicted octanol–water partition coefficient (Wildman–Crippen LogP) is 2.61. The van der Waals surface area contributed by atoms with Gasteiger partial charge in [-0.25, -0.2) is 0 Å². The van der Waals surface area contributed by atoms with E-state index in [1.165, 1.54) is 12.8 Å². The highest BCUT2D eigenvalue weighted by atomic mass is 16.1. The van der Waals surface area contributed by atoms with E-state index in [9.17, 15) is 4.79 Å². The lowest BCUT2D eigenvalue weighted by atomic mass is 10.2. The van der Waals surface area contributed by atoms with Gasteiger partial charge >= 0.3 is 0 Å². The van der Waals surface area contributed by atoms with Gasteiger partial charge in [0.2, 0.25) is 5.91 Å². The summed E-state index contributed by atoms with van der Waals surface area (Å²) in [6.07, 6.45) is 3.05. The van der Waals surface area contributed by atoms with Gasteiger partial charge in [-0.15, -0.1) is 0 Å². The average molecular weight is 229 g/mol. The molecule has 0 saturated heterocycles. The van der Waals surface area contributed by atoms with E-state index >= 15 is 0 Å². The van der Waals surface area contributed by atoms with Crippen molar-refractivity contribution in [2.75, 3.05) is 5.32 Å². The number of aryl methyl sites for hydroxylation is 1. The molecular formula is C13H15N3O.